The summed E-state index contributed by atoms with van der Waals surface area (Å²) in [5.41, 5.74) is 0.935. The number of fused-ring (bicyclic) bond motifs is 1. The highest BCUT2D eigenvalue weighted by molar-refractivity contribution is 5.30. The average Bonchev–Trinajstić information content (AvgIpc) is 2.73. The summed E-state index contributed by atoms with van der Waals surface area (Å²) in [6.07, 6.45) is -0.318. The average molecular weight is 279 g/mol. The van der Waals surface area contributed by atoms with Gasteiger partial charge in [-0.3, -0.25) is 4.90 Å². The van der Waals surface area contributed by atoms with Crippen LogP contribution in [0.15, 0.2) is 28.7 Å². The highest BCUT2D eigenvalue weighted by Gasteiger charge is 2.28. The Kier molecular flexibility index (Phi) is 3.22. The lowest BCUT2D eigenvalue weighted by Crippen LogP contribution is -2.32. The zero-order valence-corrected chi connectivity index (χ0v) is 11.3. The Labute approximate surface area is 115 Å². The molecule has 0 spiro atoms. The molecule has 0 amide bonds. The lowest BCUT2D eigenvalue weighted by molar-refractivity contribution is 0.115. The van der Waals surface area contributed by atoms with Gasteiger partial charge in [-0.1, -0.05) is 0 Å². The van der Waals surface area contributed by atoms with Crippen LogP contribution in [-0.4, -0.2) is 18.5 Å². The molecular formula is C15H15F2NO2. The quantitative estimate of drug-likeness (QED) is 0.842. The summed E-state index contributed by atoms with van der Waals surface area (Å²) >= 11 is 0. The summed E-state index contributed by atoms with van der Waals surface area (Å²) in [4.78, 5) is 2.04. The minimum atomic E-state index is -0.694. The first-order valence-electron chi connectivity index (χ1n) is 6.42. The lowest BCUT2D eigenvalue weighted by Gasteiger charge is -2.29. The molecule has 2 aromatic rings. The van der Waals surface area contributed by atoms with E-state index in [1.807, 2.05) is 24.9 Å². The van der Waals surface area contributed by atoms with Crippen LogP contribution in [0.2, 0.25) is 0 Å². The molecule has 0 bridgehead atoms. The predicted octanol–water partition coefficient (Wildman–Crippen LogP) is 3.43. The third kappa shape index (κ3) is 2.41. The fourth-order valence-electron chi connectivity index (χ4n) is 2.49. The van der Waals surface area contributed by atoms with Crippen LogP contribution in [0.25, 0.3) is 0 Å². The van der Waals surface area contributed by atoms with Crippen LogP contribution in [0.3, 0.4) is 0 Å². The van der Waals surface area contributed by atoms with E-state index < -0.39 is 11.6 Å². The van der Waals surface area contributed by atoms with Gasteiger partial charge in [-0.2, -0.15) is 0 Å². The Morgan fingerprint density at radius 1 is 1.30 bits per heavy atom. The van der Waals surface area contributed by atoms with Crippen molar-refractivity contribution in [3.63, 3.8) is 0 Å². The van der Waals surface area contributed by atoms with Crippen molar-refractivity contribution in [1.29, 1.82) is 0 Å². The highest BCUT2D eigenvalue weighted by atomic mass is 19.1. The van der Waals surface area contributed by atoms with Crippen LogP contribution >= 0.6 is 0 Å². The second-order valence-corrected chi connectivity index (χ2v) is 5.11. The highest BCUT2D eigenvalue weighted by Crippen LogP contribution is 2.33. The van der Waals surface area contributed by atoms with Crippen LogP contribution in [0.4, 0.5) is 8.78 Å². The molecule has 1 unspecified atom stereocenters. The molecule has 1 atom stereocenters. The summed E-state index contributed by atoms with van der Waals surface area (Å²) < 4.78 is 37.9. The minimum absolute atomic E-state index is 0.0523. The Morgan fingerprint density at radius 2 is 2.10 bits per heavy atom. The summed E-state index contributed by atoms with van der Waals surface area (Å²) in [5.74, 6) is 0.384. The van der Waals surface area contributed by atoms with Gasteiger partial charge in [0.15, 0.2) is 11.6 Å². The van der Waals surface area contributed by atoms with Gasteiger partial charge in [-0.05, 0) is 32.2 Å². The van der Waals surface area contributed by atoms with E-state index in [4.69, 9.17) is 9.15 Å². The molecule has 20 heavy (non-hydrogen) atoms. The van der Waals surface area contributed by atoms with Gasteiger partial charge in [0.25, 0.3) is 0 Å². The maximum atomic E-state index is 13.7. The SMILES string of the molecule is Cc1cc2c(o1)CN(C)CC2Oc1ccc(F)cc1F. The molecule has 3 rings (SSSR count). The van der Waals surface area contributed by atoms with Gasteiger partial charge < -0.3 is 9.15 Å². The molecule has 0 saturated heterocycles. The van der Waals surface area contributed by atoms with Crippen molar-refractivity contribution < 1.29 is 17.9 Å². The fraction of sp³-hybridized carbons (Fsp3) is 0.333. The number of benzene rings is 1. The molecule has 0 fully saturated rings. The van der Waals surface area contributed by atoms with E-state index in [1.165, 1.54) is 12.1 Å². The first-order chi connectivity index (χ1) is 9.52. The topological polar surface area (TPSA) is 25.6 Å². The van der Waals surface area contributed by atoms with E-state index in [9.17, 15) is 8.78 Å². The molecule has 0 saturated carbocycles. The zero-order valence-electron chi connectivity index (χ0n) is 11.3. The van der Waals surface area contributed by atoms with Crippen molar-refractivity contribution in [1.82, 2.24) is 4.90 Å². The van der Waals surface area contributed by atoms with Crippen molar-refractivity contribution in [2.45, 2.75) is 19.6 Å². The van der Waals surface area contributed by atoms with E-state index >= 15 is 0 Å². The van der Waals surface area contributed by atoms with Gasteiger partial charge in [0.1, 0.15) is 23.4 Å². The van der Waals surface area contributed by atoms with E-state index in [2.05, 4.69) is 0 Å². The second-order valence-electron chi connectivity index (χ2n) is 5.11. The maximum absolute atomic E-state index is 13.7. The smallest absolute Gasteiger partial charge is 0.168 e. The van der Waals surface area contributed by atoms with Gasteiger partial charge >= 0.3 is 0 Å². The monoisotopic (exact) mass is 279 g/mol. The standard InChI is InChI=1S/C15H15F2NO2/c1-9-5-11-14(19-9)7-18(2)8-15(11)20-13-4-3-10(16)6-12(13)17/h3-6,15H,7-8H2,1-2H3. The Balaban J connectivity index is 1.90. The number of furan rings is 1. The van der Waals surface area contributed by atoms with Crippen LogP contribution in [0.1, 0.15) is 23.2 Å². The Bertz CT molecular complexity index is 639. The Morgan fingerprint density at radius 3 is 2.85 bits per heavy atom. The minimum Gasteiger partial charge on any atom is -0.481 e. The molecule has 1 aliphatic heterocycles. The first kappa shape index (κ1) is 13.1. The molecule has 1 aromatic heterocycles. The summed E-state index contributed by atoms with van der Waals surface area (Å²) in [6.45, 7) is 3.20. The van der Waals surface area contributed by atoms with Crippen molar-refractivity contribution in [3.05, 3.63) is 53.0 Å². The number of aryl methyl sites for hydroxylation is 1. The van der Waals surface area contributed by atoms with Crippen LogP contribution < -0.4 is 4.74 Å². The largest absolute Gasteiger partial charge is 0.481 e. The van der Waals surface area contributed by atoms with E-state index in [0.29, 0.717) is 13.1 Å². The molecule has 0 N–H and O–H groups in total. The van der Waals surface area contributed by atoms with E-state index in [0.717, 1.165) is 23.2 Å². The molecule has 3 nitrogen and oxygen atoms in total. The Hall–Kier alpha value is -1.88. The molecule has 1 aromatic carbocycles. The zero-order chi connectivity index (χ0) is 14.3. The first-order valence-corrected chi connectivity index (χ1v) is 6.42. The third-order valence-electron chi connectivity index (χ3n) is 3.37. The lowest BCUT2D eigenvalue weighted by atomic mass is 10.1. The van der Waals surface area contributed by atoms with Crippen molar-refractivity contribution in [3.8, 4) is 5.75 Å². The van der Waals surface area contributed by atoms with E-state index in [-0.39, 0.29) is 11.9 Å². The number of hydrogen-bond donors (Lipinski definition) is 0. The number of nitrogens with zero attached hydrogens (tertiary/aromatic N) is 1. The number of halogens is 2. The number of hydrogen-bond acceptors (Lipinski definition) is 3. The molecule has 1 aliphatic rings. The number of rotatable bonds is 2. The predicted molar refractivity (Wildman–Crippen MR) is 69.5 cm³/mol. The van der Waals surface area contributed by atoms with Crippen molar-refractivity contribution in [2.75, 3.05) is 13.6 Å². The normalized spacial score (nSPS) is 18.9. The molecule has 106 valence electrons. The summed E-state index contributed by atoms with van der Waals surface area (Å²) in [7, 11) is 1.94. The van der Waals surface area contributed by atoms with Gasteiger partial charge in [0.2, 0.25) is 0 Å². The molecular weight excluding hydrogens is 264 g/mol. The van der Waals surface area contributed by atoms with Crippen molar-refractivity contribution >= 4 is 0 Å². The molecule has 0 aliphatic carbocycles. The second kappa shape index (κ2) is 4.90. The third-order valence-corrected chi connectivity index (χ3v) is 3.37. The van der Waals surface area contributed by atoms with Gasteiger partial charge in [-0.25, -0.2) is 8.78 Å². The fourth-order valence-corrected chi connectivity index (χ4v) is 2.49. The molecule has 5 heteroatoms. The van der Waals surface area contributed by atoms with Crippen LogP contribution in [-0.2, 0) is 6.54 Å². The van der Waals surface area contributed by atoms with Crippen LogP contribution in [0.5, 0.6) is 5.75 Å². The molecule has 0 radical (unpaired) electrons. The summed E-state index contributed by atoms with van der Waals surface area (Å²) in [5, 5.41) is 0. The number of ether oxygens (including phenoxy) is 1. The van der Waals surface area contributed by atoms with Gasteiger partial charge in [0.05, 0.1) is 6.54 Å². The van der Waals surface area contributed by atoms with Crippen LogP contribution in [0, 0.1) is 18.6 Å². The van der Waals surface area contributed by atoms with Crippen molar-refractivity contribution in [2.24, 2.45) is 0 Å². The van der Waals surface area contributed by atoms with Gasteiger partial charge in [-0.15, -0.1) is 0 Å². The van der Waals surface area contributed by atoms with Gasteiger partial charge in [0, 0.05) is 18.2 Å². The summed E-state index contributed by atoms with van der Waals surface area (Å²) in [6, 6.07) is 5.23. The molecule has 2 heterocycles. The van der Waals surface area contributed by atoms with E-state index in [1.54, 1.807) is 0 Å². The maximum Gasteiger partial charge on any atom is 0.168 e. The number of likely N-dealkylation sites (N-methyl/N-ethyl adjacent to an activating group) is 1.